The summed E-state index contributed by atoms with van der Waals surface area (Å²) in [5.41, 5.74) is 4.43. The zero-order valence-corrected chi connectivity index (χ0v) is 22.2. The molecule has 0 saturated heterocycles. The van der Waals surface area contributed by atoms with Crippen molar-refractivity contribution in [2.24, 2.45) is 11.3 Å². The van der Waals surface area contributed by atoms with Crippen LogP contribution >= 0.6 is 11.6 Å². The number of carboxylic acid groups (broad SMARTS) is 1. The van der Waals surface area contributed by atoms with Gasteiger partial charge in [0.25, 0.3) is 0 Å². The van der Waals surface area contributed by atoms with Gasteiger partial charge >= 0.3 is 5.97 Å². The molecule has 1 N–H and O–H groups in total. The van der Waals surface area contributed by atoms with E-state index in [4.69, 9.17) is 16.1 Å². The van der Waals surface area contributed by atoms with E-state index in [1.807, 2.05) is 25.1 Å². The van der Waals surface area contributed by atoms with E-state index in [0.29, 0.717) is 28.7 Å². The lowest BCUT2D eigenvalue weighted by Crippen LogP contribution is -2.27. The number of aromatic nitrogens is 1. The standard InChI is InChI=1S/C29H38ClNO4/c1-17-5-6-20(24(30)11-17)14-23(32)15-21(9-10-25(33)34)28-26(19-7-8-19)27(31-35-28)22-12-18(13-22)16-29(2,3)4/h5-6,11,18-19,21-22H,7-10,12-16H2,1-4H3,(H,33,34)/t18?,21-,22?/m0/s1. The maximum atomic E-state index is 13.1. The fourth-order valence-corrected chi connectivity index (χ4v) is 5.97. The predicted molar refractivity (Wildman–Crippen MR) is 137 cm³/mol. The molecule has 1 aromatic heterocycles. The number of hydrogen-bond acceptors (Lipinski definition) is 4. The van der Waals surface area contributed by atoms with Crippen LogP contribution in [0.15, 0.2) is 22.7 Å². The Morgan fingerprint density at radius 1 is 1.20 bits per heavy atom. The molecule has 0 aliphatic heterocycles. The summed E-state index contributed by atoms with van der Waals surface area (Å²) >= 11 is 6.36. The number of carboxylic acids is 1. The summed E-state index contributed by atoms with van der Waals surface area (Å²) in [6, 6.07) is 5.72. The van der Waals surface area contributed by atoms with Crippen LogP contribution in [0.1, 0.15) is 118 Å². The number of aryl methyl sites for hydroxylation is 1. The zero-order valence-electron chi connectivity index (χ0n) is 21.4. The average Bonchev–Trinajstić information content (AvgIpc) is 3.47. The van der Waals surface area contributed by atoms with Crippen molar-refractivity contribution in [2.45, 2.75) is 103 Å². The van der Waals surface area contributed by atoms with Gasteiger partial charge in [0.1, 0.15) is 11.5 Å². The number of hydrogen-bond donors (Lipinski definition) is 1. The molecule has 190 valence electrons. The van der Waals surface area contributed by atoms with E-state index in [0.717, 1.165) is 54.2 Å². The van der Waals surface area contributed by atoms with Crippen molar-refractivity contribution in [3.05, 3.63) is 51.4 Å². The topological polar surface area (TPSA) is 80.4 Å². The highest BCUT2D eigenvalue weighted by molar-refractivity contribution is 6.31. The summed E-state index contributed by atoms with van der Waals surface area (Å²) in [5.74, 6) is 1.23. The van der Waals surface area contributed by atoms with Gasteiger partial charge in [0.15, 0.2) is 0 Å². The quantitative estimate of drug-likeness (QED) is 0.344. The van der Waals surface area contributed by atoms with Gasteiger partial charge in [0, 0.05) is 41.7 Å². The molecule has 1 heterocycles. The molecule has 0 spiro atoms. The van der Waals surface area contributed by atoms with Crippen molar-refractivity contribution in [3.8, 4) is 0 Å². The molecule has 0 radical (unpaired) electrons. The number of ketones is 1. The molecule has 6 heteroatoms. The number of benzene rings is 1. The fraction of sp³-hybridized carbons (Fsp3) is 0.621. The third-order valence-corrected chi connectivity index (χ3v) is 7.79. The normalized spacial score (nSPS) is 20.9. The lowest BCUT2D eigenvalue weighted by molar-refractivity contribution is -0.137. The number of halogens is 1. The van der Waals surface area contributed by atoms with Gasteiger partial charge in [0.05, 0.1) is 5.69 Å². The Morgan fingerprint density at radius 3 is 2.51 bits per heavy atom. The molecule has 2 aliphatic carbocycles. The first-order valence-corrected chi connectivity index (χ1v) is 13.4. The van der Waals surface area contributed by atoms with Crippen LogP contribution in [0.2, 0.25) is 5.02 Å². The summed E-state index contributed by atoms with van der Waals surface area (Å²) in [4.78, 5) is 24.5. The Balaban J connectivity index is 1.51. The van der Waals surface area contributed by atoms with Gasteiger partial charge < -0.3 is 9.63 Å². The third kappa shape index (κ3) is 6.75. The van der Waals surface area contributed by atoms with Gasteiger partial charge in [-0.2, -0.15) is 0 Å². The lowest BCUT2D eigenvalue weighted by Gasteiger charge is -2.38. The van der Waals surface area contributed by atoms with Crippen molar-refractivity contribution in [3.63, 3.8) is 0 Å². The highest BCUT2D eigenvalue weighted by Crippen LogP contribution is 2.53. The highest BCUT2D eigenvalue weighted by Gasteiger charge is 2.42. The van der Waals surface area contributed by atoms with E-state index < -0.39 is 5.97 Å². The average molecular weight is 500 g/mol. The Morgan fingerprint density at radius 2 is 1.91 bits per heavy atom. The molecule has 35 heavy (non-hydrogen) atoms. The SMILES string of the molecule is Cc1ccc(CC(=O)C[C@H](CCC(=O)O)c2onc(C3CC(CC(C)(C)C)C3)c2C2CC2)c(Cl)c1. The van der Waals surface area contributed by atoms with Gasteiger partial charge in [-0.3, -0.25) is 9.59 Å². The molecular weight excluding hydrogens is 462 g/mol. The second-order valence-electron chi connectivity index (χ2n) is 12.1. The van der Waals surface area contributed by atoms with Crippen molar-refractivity contribution >= 4 is 23.4 Å². The van der Waals surface area contributed by atoms with Crippen LogP contribution in [-0.4, -0.2) is 22.0 Å². The summed E-state index contributed by atoms with van der Waals surface area (Å²) in [6.45, 7) is 8.84. The van der Waals surface area contributed by atoms with Crippen LogP contribution in [0.25, 0.3) is 0 Å². The van der Waals surface area contributed by atoms with Crippen molar-refractivity contribution < 1.29 is 19.2 Å². The number of rotatable bonds is 11. The minimum atomic E-state index is -0.860. The first-order chi connectivity index (χ1) is 16.5. The van der Waals surface area contributed by atoms with Gasteiger partial charge in [-0.1, -0.05) is 49.7 Å². The molecule has 0 amide bonds. The van der Waals surface area contributed by atoms with Gasteiger partial charge in [-0.25, -0.2) is 0 Å². The predicted octanol–water partition coefficient (Wildman–Crippen LogP) is 7.59. The molecular formula is C29H38ClNO4. The Bertz CT molecular complexity index is 1070. The molecule has 0 unspecified atom stereocenters. The smallest absolute Gasteiger partial charge is 0.303 e. The second kappa shape index (κ2) is 10.5. The van der Waals surface area contributed by atoms with Crippen LogP contribution in [0.3, 0.4) is 0 Å². The van der Waals surface area contributed by atoms with E-state index in [9.17, 15) is 14.7 Å². The summed E-state index contributed by atoms with van der Waals surface area (Å²) in [5, 5.41) is 14.5. The Kier molecular flexibility index (Phi) is 7.75. The van der Waals surface area contributed by atoms with E-state index in [-0.39, 0.29) is 31.0 Å². The largest absolute Gasteiger partial charge is 0.481 e. The van der Waals surface area contributed by atoms with E-state index >= 15 is 0 Å². The first-order valence-electron chi connectivity index (χ1n) is 13.0. The van der Waals surface area contributed by atoms with E-state index in [1.54, 1.807) is 0 Å². The van der Waals surface area contributed by atoms with Crippen molar-refractivity contribution in [1.82, 2.24) is 5.16 Å². The van der Waals surface area contributed by atoms with E-state index in [1.165, 1.54) is 12.0 Å². The number of carbonyl (C=O) groups excluding carboxylic acids is 1. The van der Waals surface area contributed by atoms with Crippen LogP contribution < -0.4 is 0 Å². The third-order valence-electron chi connectivity index (χ3n) is 7.44. The summed E-state index contributed by atoms with van der Waals surface area (Å²) in [6.07, 6.45) is 6.54. The van der Waals surface area contributed by atoms with Crippen LogP contribution in [0.4, 0.5) is 0 Å². The molecule has 4 rings (SSSR count). The highest BCUT2D eigenvalue weighted by atomic mass is 35.5. The Labute approximate surface area is 213 Å². The number of Topliss-reactive ketones (excluding diaryl/α,β-unsaturated/α-hetero) is 1. The number of nitrogens with zero attached hydrogens (tertiary/aromatic N) is 1. The molecule has 1 atom stereocenters. The molecule has 2 saturated carbocycles. The van der Waals surface area contributed by atoms with Gasteiger partial charge in [0.2, 0.25) is 0 Å². The van der Waals surface area contributed by atoms with Crippen LogP contribution in [0.5, 0.6) is 0 Å². The molecule has 5 nitrogen and oxygen atoms in total. The minimum absolute atomic E-state index is 0.000456. The second-order valence-corrected chi connectivity index (χ2v) is 12.5. The number of carbonyl (C=O) groups is 2. The van der Waals surface area contributed by atoms with Gasteiger partial charge in [-0.15, -0.1) is 0 Å². The monoisotopic (exact) mass is 499 g/mol. The maximum absolute atomic E-state index is 13.1. The molecule has 0 bridgehead atoms. The van der Waals surface area contributed by atoms with Crippen molar-refractivity contribution in [1.29, 1.82) is 0 Å². The Hall–Kier alpha value is -2.14. The first kappa shape index (κ1) is 25.9. The van der Waals surface area contributed by atoms with E-state index in [2.05, 4.69) is 25.9 Å². The molecule has 1 aromatic carbocycles. The summed E-state index contributed by atoms with van der Waals surface area (Å²) in [7, 11) is 0. The lowest BCUT2D eigenvalue weighted by atomic mass is 9.66. The zero-order chi connectivity index (χ0) is 25.3. The molecule has 2 aromatic rings. The number of aliphatic carboxylic acids is 1. The van der Waals surface area contributed by atoms with Crippen molar-refractivity contribution in [2.75, 3.05) is 0 Å². The molecule has 2 fully saturated rings. The van der Waals surface area contributed by atoms with Crippen LogP contribution in [0, 0.1) is 18.3 Å². The summed E-state index contributed by atoms with van der Waals surface area (Å²) < 4.78 is 5.95. The molecule has 2 aliphatic rings. The minimum Gasteiger partial charge on any atom is -0.481 e. The van der Waals surface area contributed by atoms with Crippen LogP contribution in [-0.2, 0) is 16.0 Å². The van der Waals surface area contributed by atoms with Gasteiger partial charge in [-0.05, 0) is 79.9 Å². The fourth-order valence-electron chi connectivity index (χ4n) is 5.66. The maximum Gasteiger partial charge on any atom is 0.303 e.